The van der Waals surface area contributed by atoms with Crippen molar-refractivity contribution in [1.82, 2.24) is 0 Å². The van der Waals surface area contributed by atoms with Crippen LogP contribution in [0.4, 0.5) is 0 Å². The molecule has 482 valence electrons. The van der Waals surface area contributed by atoms with Crippen LogP contribution in [0.1, 0.15) is 348 Å². The Hall–Kier alpha value is -2.03. The molecule has 2 unspecified atom stereocenters. The molecule has 82 heavy (non-hydrogen) atoms. The van der Waals surface area contributed by atoms with Crippen molar-refractivity contribution in [1.29, 1.82) is 0 Å². The number of allylic oxidation sites excluding steroid dienone is 8. The van der Waals surface area contributed by atoms with E-state index in [1.165, 1.54) is 263 Å². The topological polar surface area (TPSA) is 111 Å². The molecule has 0 saturated heterocycles. The highest BCUT2D eigenvalue weighted by molar-refractivity contribution is 7.45. The molecule has 2 atom stereocenters. The Labute approximate surface area is 509 Å². The van der Waals surface area contributed by atoms with Crippen molar-refractivity contribution in [3.8, 4) is 0 Å². The summed E-state index contributed by atoms with van der Waals surface area (Å²) in [7, 11) is 1.18. The molecule has 0 radical (unpaired) electrons. The fraction of sp³-hybridized carbons (Fsp3) is 0.861. The average molecular weight is 1170 g/mol. The summed E-state index contributed by atoms with van der Waals surface area (Å²) < 4.78 is 34.3. The summed E-state index contributed by atoms with van der Waals surface area (Å²) in [6, 6.07) is 0. The molecule has 0 saturated carbocycles. The van der Waals surface area contributed by atoms with Gasteiger partial charge in [-0.05, 0) is 77.0 Å². The van der Waals surface area contributed by atoms with Crippen molar-refractivity contribution >= 4 is 19.8 Å². The molecule has 0 aromatic carbocycles. The van der Waals surface area contributed by atoms with E-state index in [1.54, 1.807) is 0 Å². The van der Waals surface area contributed by atoms with Crippen LogP contribution in [0.25, 0.3) is 0 Å². The normalized spacial score (nSPS) is 13.4. The largest absolute Gasteiger partial charge is 0.756 e. The summed E-state index contributed by atoms with van der Waals surface area (Å²) in [5.74, 6) is -0.819. The van der Waals surface area contributed by atoms with Crippen LogP contribution in [0.15, 0.2) is 48.6 Å². The first-order valence-electron chi connectivity index (χ1n) is 35.3. The molecule has 0 aliphatic heterocycles. The number of ether oxygens (including phenoxy) is 2. The van der Waals surface area contributed by atoms with Gasteiger partial charge in [0, 0.05) is 12.8 Å². The molecule has 0 aliphatic carbocycles. The van der Waals surface area contributed by atoms with Gasteiger partial charge < -0.3 is 27.9 Å². The van der Waals surface area contributed by atoms with Crippen molar-refractivity contribution in [2.45, 2.75) is 354 Å². The van der Waals surface area contributed by atoms with Crippen LogP contribution in [0, 0.1) is 0 Å². The SMILES string of the molecule is CCCCCCC/C=C\C/C=C\C/C=C\CCCCCCCCCCCCCCC(=O)OC(COC(=O)CCCCCCCCCCCCCCCCCCCCC/C=C\CCCCCCCCCC)COP(=O)([O-])OCC[N+](C)(C)C. The number of phosphoric ester groups is 1. The van der Waals surface area contributed by atoms with Crippen LogP contribution in [0.2, 0.25) is 0 Å². The molecule has 0 spiro atoms. The van der Waals surface area contributed by atoms with Gasteiger partial charge in [-0.3, -0.25) is 14.2 Å². The van der Waals surface area contributed by atoms with Crippen molar-refractivity contribution in [2.24, 2.45) is 0 Å². The third kappa shape index (κ3) is 67.1. The van der Waals surface area contributed by atoms with Crippen molar-refractivity contribution in [2.75, 3.05) is 47.5 Å². The van der Waals surface area contributed by atoms with E-state index in [1.807, 2.05) is 21.1 Å². The minimum absolute atomic E-state index is 0.0301. The number of esters is 2. The molecule has 0 aliphatic rings. The van der Waals surface area contributed by atoms with Crippen LogP contribution in [-0.2, 0) is 32.7 Å². The Kier molecular flexibility index (Phi) is 61.9. The van der Waals surface area contributed by atoms with Crippen LogP contribution >= 0.6 is 7.82 Å². The van der Waals surface area contributed by atoms with E-state index in [2.05, 4.69) is 62.5 Å². The van der Waals surface area contributed by atoms with Gasteiger partial charge in [0.2, 0.25) is 0 Å². The van der Waals surface area contributed by atoms with Crippen molar-refractivity contribution in [3.63, 3.8) is 0 Å². The van der Waals surface area contributed by atoms with Crippen LogP contribution in [-0.4, -0.2) is 70.0 Å². The van der Waals surface area contributed by atoms with E-state index in [4.69, 9.17) is 18.5 Å². The van der Waals surface area contributed by atoms with Gasteiger partial charge in [0.25, 0.3) is 7.82 Å². The molecule has 0 bridgehead atoms. The maximum Gasteiger partial charge on any atom is 0.306 e. The first kappa shape index (κ1) is 80.0. The number of hydrogen-bond donors (Lipinski definition) is 0. The summed E-state index contributed by atoms with van der Waals surface area (Å²) in [5, 5.41) is 0. The molecule has 0 fully saturated rings. The monoisotopic (exact) mass is 1170 g/mol. The highest BCUT2D eigenvalue weighted by Gasteiger charge is 2.22. The Morgan fingerprint density at radius 2 is 0.659 bits per heavy atom. The zero-order valence-electron chi connectivity index (χ0n) is 55.0. The fourth-order valence-corrected chi connectivity index (χ4v) is 11.1. The molecule has 0 aromatic heterocycles. The van der Waals surface area contributed by atoms with Gasteiger partial charge in [-0.25, -0.2) is 0 Å². The first-order chi connectivity index (χ1) is 40.0. The second kappa shape index (κ2) is 63.5. The van der Waals surface area contributed by atoms with Crippen LogP contribution < -0.4 is 4.89 Å². The summed E-state index contributed by atoms with van der Waals surface area (Å²) in [6.07, 6.45) is 81.9. The van der Waals surface area contributed by atoms with Gasteiger partial charge in [0.05, 0.1) is 27.7 Å². The minimum atomic E-state index is -4.64. The molecule has 0 N–H and O–H groups in total. The molecule has 9 nitrogen and oxygen atoms in total. The first-order valence-corrected chi connectivity index (χ1v) is 36.8. The third-order valence-electron chi connectivity index (χ3n) is 15.8. The lowest BCUT2D eigenvalue weighted by molar-refractivity contribution is -0.870. The van der Waals surface area contributed by atoms with E-state index >= 15 is 0 Å². The number of phosphoric acid groups is 1. The molecule has 0 rings (SSSR count). The Balaban J connectivity index is 4.01. The molecule has 0 aromatic rings. The lowest BCUT2D eigenvalue weighted by Gasteiger charge is -2.28. The van der Waals surface area contributed by atoms with Gasteiger partial charge in [0.15, 0.2) is 6.10 Å². The predicted octanol–water partition coefficient (Wildman–Crippen LogP) is 22.2. The van der Waals surface area contributed by atoms with Crippen LogP contribution in [0.3, 0.4) is 0 Å². The fourth-order valence-electron chi connectivity index (χ4n) is 10.4. The number of rotatable bonds is 66. The molecule has 0 amide bonds. The number of quaternary nitrogens is 1. The number of likely N-dealkylation sites (N-methyl/N-ethyl adjacent to an activating group) is 1. The Morgan fingerprint density at radius 1 is 0.378 bits per heavy atom. The summed E-state index contributed by atoms with van der Waals surface area (Å²) in [4.78, 5) is 38.1. The predicted molar refractivity (Wildman–Crippen MR) is 351 cm³/mol. The lowest BCUT2D eigenvalue weighted by atomic mass is 10.0. The quantitative estimate of drug-likeness (QED) is 0.0195. The molecular formula is C72H136NO8P. The van der Waals surface area contributed by atoms with Gasteiger partial charge in [-0.2, -0.15) is 0 Å². The summed E-state index contributed by atoms with van der Waals surface area (Å²) in [6.45, 7) is 4.28. The number of carbonyl (C=O) groups excluding carboxylic acids is 2. The second-order valence-electron chi connectivity index (χ2n) is 25.2. The van der Waals surface area contributed by atoms with E-state index in [0.717, 1.165) is 51.4 Å². The second-order valence-corrected chi connectivity index (χ2v) is 26.7. The Morgan fingerprint density at radius 3 is 0.988 bits per heavy atom. The number of unbranched alkanes of at least 4 members (excludes halogenated alkanes) is 44. The number of carbonyl (C=O) groups is 2. The Bertz CT molecular complexity index is 1520. The highest BCUT2D eigenvalue weighted by Crippen LogP contribution is 2.38. The van der Waals surface area contributed by atoms with E-state index < -0.39 is 26.5 Å². The van der Waals surface area contributed by atoms with E-state index in [0.29, 0.717) is 17.4 Å². The van der Waals surface area contributed by atoms with Crippen molar-refractivity contribution < 1.29 is 42.1 Å². The standard InChI is InChI=1S/C72H136NO8P/c1-6-8-10-12-14-16-18-20-22-24-26-28-30-32-34-35-36-37-39-40-42-44-46-48-50-52-54-56-58-60-62-64-71(74)78-68-70(69-80-82(76,77)79-67-66-73(3,4)5)81-72(75)65-63-61-59-57-55-53-51-49-47-45-43-41-38-33-31-29-27-25-23-21-19-17-15-13-11-9-7-2/h19,21,24-27,31,33,70H,6-18,20,22-23,28-30,32,34-69H2,1-5H3/b21-19-,26-24-,27-25-,33-31-. The van der Waals surface area contributed by atoms with E-state index in [-0.39, 0.29) is 32.0 Å². The average Bonchev–Trinajstić information content (AvgIpc) is 3.46. The molecule has 0 heterocycles. The van der Waals surface area contributed by atoms with Gasteiger partial charge in [0.1, 0.15) is 19.8 Å². The smallest absolute Gasteiger partial charge is 0.306 e. The summed E-state index contributed by atoms with van der Waals surface area (Å²) >= 11 is 0. The minimum Gasteiger partial charge on any atom is -0.756 e. The maximum absolute atomic E-state index is 12.9. The van der Waals surface area contributed by atoms with E-state index in [9.17, 15) is 19.0 Å². The van der Waals surface area contributed by atoms with Crippen molar-refractivity contribution in [3.05, 3.63) is 48.6 Å². The zero-order valence-corrected chi connectivity index (χ0v) is 55.8. The van der Waals surface area contributed by atoms with Gasteiger partial charge in [-0.15, -0.1) is 0 Å². The number of nitrogens with zero attached hydrogens (tertiary/aromatic N) is 1. The van der Waals surface area contributed by atoms with Crippen LogP contribution in [0.5, 0.6) is 0 Å². The van der Waals surface area contributed by atoms with Gasteiger partial charge in [-0.1, -0.05) is 306 Å². The number of hydrogen-bond acceptors (Lipinski definition) is 8. The van der Waals surface area contributed by atoms with Gasteiger partial charge >= 0.3 is 11.9 Å². The maximum atomic E-state index is 12.9. The zero-order chi connectivity index (χ0) is 59.8. The molecule has 10 heteroatoms. The third-order valence-corrected chi connectivity index (χ3v) is 16.8. The summed E-state index contributed by atoms with van der Waals surface area (Å²) in [5.41, 5.74) is 0. The molecular weight excluding hydrogens is 1040 g/mol. The lowest BCUT2D eigenvalue weighted by Crippen LogP contribution is -2.37. The highest BCUT2D eigenvalue weighted by atomic mass is 31.2.